The number of hydrogen-bond acceptors (Lipinski definition) is 4. The van der Waals surface area contributed by atoms with E-state index < -0.39 is 0 Å². The molecule has 2 atom stereocenters. The van der Waals surface area contributed by atoms with Gasteiger partial charge < -0.3 is 19.1 Å². The molecule has 120 valence electrons. The first-order valence-electron chi connectivity index (χ1n) is 7.89. The highest BCUT2D eigenvalue weighted by atomic mass is 16.5. The largest absolute Gasteiger partial charge is 0.493 e. The number of rotatable bonds is 3. The van der Waals surface area contributed by atoms with Crippen LogP contribution >= 0.6 is 0 Å². The monoisotopic (exact) mass is 305 g/mol. The highest BCUT2D eigenvalue weighted by Crippen LogP contribution is 2.32. The van der Waals surface area contributed by atoms with Crippen molar-refractivity contribution in [2.24, 2.45) is 0 Å². The van der Waals surface area contributed by atoms with E-state index in [1.165, 1.54) is 12.8 Å². The molecule has 2 fully saturated rings. The number of hydrogen-bond donors (Lipinski definition) is 0. The van der Waals surface area contributed by atoms with Crippen LogP contribution in [-0.4, -0.2) is 50.3 Å². The van der Waals surface area contributed by atoms with Crippen molar-refractivity contribution in [1.82, 2.24) is 4.90 Å². The van der Waals surface area contributed by atoms with Crippen LogP contribution in [0.3, 0.4) is 0 Å². The fraction of sp³-hybridized carbons (Fsp3) is 0.588. The maximum absolute atomic E-state index is 12.9. The third kappa shape index (κ3) is 2.77. The number of fused-ring (bicyclic) bond motifs is 1. The molecule has 1 aliphatic heterocycles. The summed E-state index contributed by atoms with van der Waals surface area (Å²) in [5, 5.41) is 0. The zero-order chi connectivity index (χ0) is 15.5. The Morgan fingerprint density at radius 3 is 2.73 bits per heavy atom. The van der Waals surface area contributed by atoms with Gasteiger partial charge in [-0.25, -0.2) is 0 Å². The van der Waals surface area contributed by atoms with Gasteiger partial charge in [-0.1, -0.05) is 12.8 Å². The molecule has 2 aliphatic rings. The Bertz CT molecular complexity index is 543. The van der Waals surface area contributed by atoms with E-state index in [4.69, 9.17) is 14.2 Å². The number of nitrogens with zero attached hydrogens (tertiary/aromatic N) is 1. The Balaban J connectivity index is 1.83. The summed E-state index contributed by atoms with van der Waals surface area (Å²) in [7, 11) is 3.17. The number of methoxy groups -OCH3 is 2. The average Bonchev–Trinajstić information content (AvgIpc) is 2.60. The second kappa shape index (κ2) is 6.57. The molecule has 1 aromatic carbocycles. The van der Waals surface area contributed by atoms with E-state index in [2.05, 4.69) is 0 Å². The van der Waals surface area contributed by atoms with E-state index in [1.54, 1.807) is 32.4 Å². The summed E-state index contributed by atoms with van der Waals surface area (Å²) < 4.78 is 16.4. The van der Waals surface area contributed by atoms with Crippen LogP contribution in [0.15, 0.2) is 18.2 Å². The molecule has 5 nitrogen and oxygen atoms in total. The van der Waals surface area contributed by atoms with Crippen LogP contribution in [0.5, 0.6) is 11.5 Å². The lowest BCUT2D eigenvalue weighted by Crippen LogP contribution is -2.54. The fourth-order valence-corrected chi connectivity index (χ4v) is 3.48. The molecular weight excluding hydrogens is 282 g/mol. The highest BCUT2D eigenvalue weighted by Gasteiger charge is 2.37. The van der Waals surface area contributed by atoms with Gasteiger partial charge in [0.25, 0.3) is 5.91 Å². The lowest BCUT2D eigenvalue weighted by atomic mass is 9.89. The van der Waals surface area contributed by atoms with Crippen LogP contribution in [0, 0.1) is 0 Å². The Hall–Kier alpha value is -1.75. The van der Waals surface area contributed by atoms with Gasteiger partial charge in [-0.15, -0.1) is 0 Å². The molecule has 0 spiro atoms. The Labute approximate surface area is 131 Å². The molecule has 3 rings (SSSR count). The van der Waals surface area contributed by atoms with E-state index in [1.807, 2.05) is 4.90 Å². The maximum Gasteiger partial charge on any atom is 0.254 e. The fourth-order valence-electron chi connectivity index (χ4n) is 3.48. The van der Waals surface area contributed by atoms with Crippen molar-refractivity contribution < 1.29 is 19.0 Å². The Morgan fingerprint density at radius 2 is 1.95 bits per heavy atom. The summed E-state index contributed by atoms with van der Waals surface area (Å²) in [5.74, 6) is 1.28. The van der Waals surface area contributed by atoms with Crippen LogP contribution in [-0.2, 0) is 4.74 Å². The number of amides is 1. The van der Waals surface area contributed by atoms with Crippen LogP contribution in [0.4, 0.5) is 0 Å². The summed E-state index contributed by atoms with van der Waals surface area (Å²) in [5.41, 5.74) is 0.642. The standard InChI is InChI=1S/C17H23NO4/c1-20-15-8-7-12(11-16(15)21-2)17(19)18-9-10-22-14-6-4-3-5-13(14)18/h7-8,11,13-14H,3-6,9-10H2,1-2H3. The number of ether oxygens (including phenoxy) is 3. The van der Waals surface area contributed by atoms with Gasteiger partial charge in [0.2, 0.25) is 0 Å². The predicted molar refractivity (Wildman–Crippen MR) is 82.6 cm³/mol. The second-order valence-electron chi connectivity index (χ2n) is 5.83. The molecule has 1 amide bonds. The van der Waals surface area contributed by atoms with Gasteiger partial charge in [-0.05, 0) is 31.0 Å². The number of carbonyl (C=O) groups is 1. The van der Waals surface area contributed by atoms with Crippen molar-refractivity contribution in [1.29, 1.82) is 0 Å². The van der Waals surface area contributed by atoms with E-state index in [0.717, 1.165) is 12.8 Å². The van der Waals surface area contributed by atoms with Crippen molar-refractivity contribution >= 4 is 5.91 Å². The zero-order valence-corrected chi connectivity index (χ0v) is 13.2. The third-order valence-corrected chi connectivity index (χ3v) is 4.62. The first kappa shape index (κ1) is 15.2. The minimum atomic E-state index is 0.0566. The maximum atomic E-state index is 12.9. The van der Waals surface area contributed by atoms with Crippen LogP contribution in [0.1, 0.15) is 36.0 Å². The van der Waals surface area contributed by atoms with Crippen molar-refractivity contribution in [3.05, 3.63) is 23.8 Å². The summed E-state index contributed by atoms with van der Waals surface area (Å²) in [6.45, 7) is 1.29. The first-order chi connectivity index (χ1) is 10.7. The minimum Gasteiger partial charge on any atom is -0.493 e. The Morgan fingerprint density at radius 1 is 1.18 bits per heavy atom. The van der Waals surface area contributed by atoms with Gasteiger partial charge in [-0.2, -0.15) is 0 Å². The molecule has 1 aliphatic carbocycles. The van der Waals surface area contributed by atoms with Crippen molar-refractivity contribution in [2.75, 3.05) is 27.4 Å². The minimum absolute atomic E-state index is 0.0566. The lowest BCUT2D eigenvalue weighted by Gasteiger charge is -2.43. The van der Waals surface area contributed by atoms with Crippen LogP contribution in [0.2, 0.25) is 0 Å². The average molecular weight is 305 g/mol. The normalized spacial score (nSPS) is 24.5. The molecule has 22 heavy (non-hydrogen) atoms. The summed E-state index contributed by atoms with van der Waals surface area (Å²) in [6.07, 6.45) is 4.65. The zero-order valence-electron chi connectivity index (χ0n) is 13.2. The van der Waals surface area contributed by atoms with Crippen molar-refractivity contribution in [3.63, 3.8) is 0 Å². The molecule has 2 unspecified atom stereocenters. The van der Waals surface area contributed by atoms with Crippen LogP contribution in [0.25, 0.3) is 0 Å². The van der Waals surface area contributed by atoms with Gasteiger partial charge >= 0.3 is 0 Å². The molecule has 0 aromatic heterocycles. The summed E-state index contributed by atoms with van der Waals surface area (Å²) in [4.78, 5) is 14.9. The van der Waals surface area contributed by atoms with Gasteiger partial charge in [0, 0.05) is 12.1 Å². The molecule has 0 N–H and O–H groups in total. The SMILES string of the molecule is COc1ccc(C(=O)N2CCOC3CCCCC32)cc1OC. The molecule has 0 radical (unpaired) electrons. The highest BCUT2D eigenvalue weighted by molar-refractivity contribution is 5.95. The molecule has 5 heteroatoms. The molecule has 1 saturated heterocycles. The predicted octanol–water partition coefficient (Wildman–Crippen LogP) is 2.49. The molecular formula is C17H23NO4. The third-order valence-electron chi connectivity index (χ3n) is 4.62. The number of morpholine rings is 1. The lowest BCUT2D eigenvalue weighted by molar-refractivity contribution is -0.0752. The van der Waals surface area contributed by atoms with E-state index in [-0.39, 0.29) is 18.1 Å². The van der Waals surface area contributed by atoms with E-state index >= 15 is 0 Å². The Kier molecular flexibility index (Phi) is 4.52. The van der Waals surface area contributed by atoms with Gasteiger partial charge in [0.15, 0.2) is 11.5 Å². The first-order valence-corrected chi connectivity index (χ1v) is 7.89. The summed E-state index contributed by atoms with van der Waals surface area (Å²) in [6, 6.07) is 5.55. The smallest absolute Gasteiger partial charge is 0.254 e. The van der Waals surface area contributed by atoms with Gasteiger partial charge in [-0.3, -0.25) is 4.79 Å². The quantitative estimate of drug-likeness (QED) is 0.861. The number of benzene rings is 1. The van der Waals surface area contributed by atoms with Gasteiger partial charge in [0.1, 0.15) is 0 Å². The second-order valence-corrected chi connectivity index (χ2v) is 5.83. The van der Waals surface area contributed by atoms with Crippen molar-refractivity contribution in [2.45, 2.75) is 37.8 Å². The van der Waals surface area contributed by atoms with Crippen LogP contribution < -0.4 is 9.47 Å². The van der Waals surface area contributed by atoms with Crippen molar-refractivity contribution in [3.8, 4) is 11.5 Å². The van der Waals surface area contributed by atoms with Gasteiger partial charge in [0.05, 0.1) is 33.0 Å². The van der Waals surface area contributed by atoms with E-state index in [0.29, 0.717) is 30.2 Å². The molecule has 1 heterocycles. The number of carbonyl (C=O) groups excluding carboxylic acids is 1. The molecule has 1 saturated carbocycles. The molecule has 1 aromatic rings. The molecule has 0 bridgehead atoms. The van der Waals surface area contributed by atoms with E-state index in [9.17, 15) is 4.79 Å². The topological polar surface area (TPSA) is 48.0 Å². The summed E-state index contributed by atoms with van der Waals surface area (Å²) >= 11 is 0.